The van der Waals surface area contributed by atoms with Gasteiger partial charge in [-0.1, -0.05) is 87.8 Å². The van der Waals surface area contributed by atoms with Crippen molar-refractivity contribution in [1.82, 2.24) is 19.9 Å². The molecule has 0 saturated heterocycles. The third-order valence-corrected chi connectivity index (χ3v) is 14.8. The van der Waals surface area contributed by atoms with Gasteiger partial charge in [-0.25, -0.2) is 28.1 Å². The van der Waals surface area contributed by atoms with E-state index < -0.39 is 52.9 Å². The zero-order valence-corrected chi connectivity index (χ0v) is 56.9. The Kier molecular flexibility index (Phi) is 26.0. The topological polar surface area (TPSA) is 356 Å². The number of nitrogen functional groups attached to an aromatic ring is 1. The van der Waals surface area contributed by atoms with Crippen LogP contribution in [0.15, 0.2) is 151 Å². The number of nitrogens with zero attached hydrogens (tertiary/aromatic N) is 5. The van der Waals surface area contributed by atoms with Crippen molar-refractivity contribution in [2.24, 2.45) is 16.5 Å². The first kappa shape index (κ1) is 75.3. The Hall–Kier alpha value is -11.1. The molecule has 510 valence electrons. The summed E-state index contributed by atoms with van der Waals surface area (Å²) in [7, 11) is 8.77. The van der Waals surface area contributed by atoms with Crippen molar-refractivity contribution < 1.29 is 56.1 Å². The third-order valence-electron chi connectivity index (χ3n) is 13.4. The molecule has 9 aromatic rings. The minimum Gasteiger partial charge on any atom is -0.494 e. The zero-order valence-electron chi connectivity index (χ0n) is 52.3. The first-order chi connectivity index (χ1) is 47.0. The van der Waals surface area contributed by atoms with Gasteiger partial charge in [0.15, 0.2) is 0 Å². The van der Waals surface area contributed by atoms with Gasteiger partial charge in [0.2, 0.25) is 0 Å². The van der Waals surface area contributed by atoms with Crippen LogP contribution >= 0.6 is 69.6 Å². The minimum absolute atomic E-state index is 0.00326. The summed E-state index contributed by atoms with van der Waals surface area (Å²) in [6.07, 6.45) is 4.08. The molecule has 3 aromatic heterocycles. The molecule has 0 spiro atoms. The minimum atomic E-state index is -0.889. The number of amides is 6. The van der Waals surface area contributed by atoms with Crippen LogP contribution in [0.1, 0.15) is 78.8 Å². The van der Waals surface area contributed by atoms with Gasteiger partial charge in [0.05, 0.1) is 86.8 Å². The highest BCUT2D eigenvalue weighted by molar-refractivity contribution is 6.34. The molecule has 6 aromatic carbocycles. The van der Waals surface area contributed by atoms with E-state index in [1.165, 1.54) is 143 Å². The van der Waals surface area contributed by atoms with Gasteiger partial charge < -0.3 is 62.5 Å². The second-order valence-electron chi connectivity index (χ2n) is 20.3. The summed E-state index contributed by atoms with van der Waals surface area (Å²) < 4.78 is 59.6. The molecular weight excluding hydrogens is 1420 g/mol. The van der Waals surface area contributed by atoms with Gasteiger partial charge in [-0.2, -0.15) is 0 Å². The van der Waals surface area contributed by atoms with Gasteiger partial charge >= 0.3 is 0 Å². The van der Waals surface area contributed by atoms with E-state index in [0.29, 0.717) is 26.2 Å². The number of nitrogens with one attached hydrogen (secondary N) is 8. The first-order valence-corrected chi connectivity index (χ1v) is 30.4. The summed E-state index contributed by atoms with van der Waals surface area (Å²) in [5.74, 6) is -6.15. The van der Waals surface area contributed by atoms with Gasteiger partial charge in [0, 0.05) is 89.7 Å². The van der Waals surface area contributed by atoms with Crippen molar-refractivity contribution >= 4 is 157 Å². The molecule has 0 bridgehead atoms. The molecule has 0 radical (unpaired) electrons. The number of carbonyl (C=O) groups excluding carboxylic acids is 6. The van der Waals surface area contributed by atoms with Crippen LogP contribution in [0.3, 0.4) is 0 Å². The van der Waals surface area contributed by atoms with Gasteiger partial charge in [0.1, 0.15) is 69.7 Å². The number of carbonyl (C=O) groups is 6. The molecule has 0 atom stereocenters. The second kappa shape index (κ2) is 34.2. The molecule has 12 N–H and O–H groups in total. The van der Waals surface area contributed by atoms with E-state index in [-0.39, 0.29) is 123 Å². The summed E-state index contributed by atoms with van der Waals surface area (Å²) in [5.41, 5.74) is 10.8. The highest BCUT2D eigenvalue weighted by Crippen LogP contribution is 2.37. The quantitative estimate of drug-likeness (QED) is 0.0282. The Morgan fingerprint density at radius 3 is 0.980 bits per heavy atom. The second-order valence-corrected chi connectivity index (χ2v) is 22.9. The highest BCUT2D eigenvalue weighted by Gasteiger charge is 2.27. The fourth-order valence-electron chi connectivity index (χ4n) is 8.55. The number of methoxy groups -OCH3 is 3. The number of rotatable bonds is 18. The molecule has 0 unspecified atom stereocenters. The summed E-state index contributed by atoms with van der Waals surface area (Å²) >= 11 is 35.8. The van der Waals surface area contributed by atoms with E-state index in [2.05, 4.69) is 51.8 Å². The molecule has 99 heavy (non-hydrogen) atoms. The number of aliphatic imine (C=N–C) groups is 1. The number of aromatic nitrogens is 3. The van der Waals surface area contributed by atoms with Crippen molar-refractivity contribution in [1.29, 1.82) is 10.8 Å². The number of amidine groups is 3. The highest BCUT2D eigenvalue weighted by atomic mass is 35.5. The molecule has 6 amide bonds. The first-order valence-electron chi connectivity index (χ1n) is 28.1. The van der Waals surface area contributed by atoms with Crippen LogP contribution in [0.25, 0.3) is 0 Å². The Morgan fingerprint density at radius 1 is 0.414 bits per heavy atom. The third kappa shape index (κ3) is 19.8. The van der Waals surface area contributed by atoms with Crippen molar-refractivity contribution in [2.45, 2.75) is 0 Å². The van der Waals surface area contributed by atoms with Gasteiger partial charge in [0.25, 0.3) is 35.4 Å². The van der Waals surface area contributed by atoms with E-state index >= 15 is 0 Å². The fraction of sp³-hybridized carbons (Fsp3) is 0.0909. The predicted molar refractivity (Wildman–Crippen MR) is 377 cm³/mol. The molecule has 0 aliphatic rings. The zero-order chi connectivity index (χ0) is 72.5. The summed E-state index contributed by atoms with van der Waals surface area (Å²) in [6.45, 7) is 0. The van der Waals surface area contributed by atoms with Crippen LogP contribution in [0.2, 0.25) is 30.1 Å². The number of benzene rings is 6. The molecule has 33 heteroatoms. The van der Waals surface area contributed by atoms with Crippen LogP contribution in [-0.4, -0.2) is 115 Å². The number of ether oxygens (including phenoxy) is 3. The van der Waals surface area contributed by atoms with Crippen LogP contribution in [0.5, 0.6) is 17.2 Å². The predicted octanol–water partition coefficient (Wildman–Crippen LogP) is 13.6. The lowest BCUT2D eigenvalue weighted by Gasteiger charge is -2.17. The average Bonchev–Trinajstić information content (AvgIpc) is 0.812. The monoisotopic (exact) mass is 1470 g/mol. The Balaban J connectivity index is 0.000000209. The number of hydrogen-bond donors (Lipinski definition) is 10. The van der Waals surface area contributed by atoms with Crippen molar-refractivity contribution in [3.63, 3.8) is 0 Å². The molecule has 0 aliphatic heterocycles. The number of pyridine rings is 3. The molecule has 9 rings (SSSR count). The molecular formula is C66H54Cl6F3N15O9. The number of hydrogen-bond acceptors (Lipinski definition) is 15. The molecule has 0 aliphatic carbocycles. The fourth-order valence-corrected chi connectivity index (χ4v) is 9.51. The molecule has 0 saturated carbocycles. The van der Waals surface area contributed by atoms with E-state index in [1.807, 2.05) is 0 Å². The number of anilines is 6. The summed E-state index contributed by atoms with van der Waals surface area (Å²) in [6, 6.07) is 28.4. The van der Waals surface area contributed by atoms with Crippen LogP contribution in [0, 0.1) is 28.3 Å². The maximum absolute atomic E-state index is 14.7. The van der Waals surface area contributed by atoms with E-state index in [0.717, 1.165) is 18.2 Å². The summed E-state index contributed by atoms with van der Waals surface area (Å²) in [4.78, 5) is 94.6. The molecule has 0 fully saturated rings. The van der Waals surface area contributed by atoms with Crippen LogP contribution in [-0.2, 0) is 0 Å². The SMILES string of the molecule is CN=C(N)c1ccc(C(=O)Nc2c(OC)cc(Cl)cc2C(=O)Nc2ccc(Cl)cn2)c(F)c1.COc1cc(Cl)cc(C(=O)Nc2ccc(Cl)cn2)c1NC(=O)c1ccc(C(=N)N(C)C)cc1F.COc1cc(Cl)cc(C(=O)Nc2ccc(Cl)cn2)c1NC(=O)c1ccc(C(=N)N)cc1F. The maximum atomic E-state index is 14.7. The Labute approximate surface area is 592 Å². The van der Waals surface area contributed by atoms with Gasteiger partial charge in [-0.3, -0.25) is 44.6 Å². The van der Waals surface area contributed by atoms with Crippen molar-refractivity contribution in [3.05, 3.63) is 244 Å². The van der Waals surface area contributed by atoms with E-state index in [4.69, 9.17) is 106 Å². The molecule has 24 nitrogen and oxygen atoms in total. The number of halogens is 9. The van der Waals surface area contributed by atoms with Crippen LogP contribution in [0.4, 0.5) is 47.7 Å². The maximum Gasteiger partial charge on any atom is 0.259 e. The van der Waals surface area contributed by atoms with Gasteiger partial charge in [-0.15, -0.1) is 0 Å². The van der Waals surface area contributed by atoms with Gasteiger partial charge in [-0.05, 0) is 91.0 Å². The largest absolute Gasteiger partial charge is 0.494 e. The summed E-state index contributed by atoms with van der Waals surface area (Å²) in [5, 5.41) is 32.3. The lowest BCUT2D eigenvalue weighted by Crippen LogP contribution is -2.23. The Morgan fingerprint density at radius 2 is 0.707 bits per heavy atom. The smallest absolute Gasteiger partial charge is 0.259 e. The standard InChI is InChI=1S/C23H20Cl2FN5O3.C22H18Cl2FN5O3.C21H16Cl2FN5O3/c1-31(2)21(27)12-4-6-15(17(26)8-12)22(32)30-20-16(9-14(25)10-18(20)34-3)23(33)29-19-7-5-13(24)11-28-19;1-27-20(26)11-3-5-14(16(25)7-11)21(31)30-19-15(8-13(24)9-17(19)33-2)22(32)29-18-6-4-12(23)10-28-18;1-32-16-8-12(23)7-14(21(31)28-17-5-3-11(22)9-27-17)18(16)29-20(30)13-4-2-10(19(25)26)6-15(13)24/h4-11,27H,1-3H3,(H,30,32)(H,28,29,33);3-10H,1-2H3,(H2,26,27)(H,30,31)(H,28,29,32);2-9H,1H3,(H3,25,26)(H,29,30)(H,27,28,31). The van der Waals surface area contributed by atoms with Crippen LogP contribution < -0.4 is 57.6 Å². The normalized spacial score (nSPS) is 10.6. The van der Waals surface area contributed by atoms with Crippen molar-refractivity contribution in [2.75, 3.05) is 74.4 Å². The van der Waals surface area contributed by atoms with E-state index in [1.54, 1.807) is 32.3 Å². The Bertz CT molecular complexity index is 4660. The van der Waals surface area contributed by atoms with E-state index in [9.17, 15) is 41.9 Å². The average molecular weight is 1470 g/mol. The van der Waals surface area contributed by atoms with Crippen molar-refractivity contribution in [3.8, 4) is 17.2 Å². The molecule has 3 heterocycles. The lowest BCUT2D eigenvalue weighted by molar-refractivity contribution is 0.100. The lowest BCUT2D eigenvalue weighted by atomic mass is 10.1. The number of nitrogens with two attached hydrogens (primary N) is 2.